The van der Waals surface area contributed by atoms with Crippen molar-refractivity contribution in [2.45, 2.75) is 33.2 Å². The number of hydrogen-bond donors (Lipinski definition) is 1. The largest absolute Gasteiger partial charge is 0.395 e. The molecule has 0 saturated heterocycles. The second-order valence-electron chi connectivity index (χ2n) is 4.59. The van der Waals surface area contributed by atoms with Gasteiger partial charge in [-0.2, -0.15) is 5.26 Å². The molecule has 2 aromatic rings. The van der Waals surface area contributed by atoms with E-state index < -0.39 is 0 Å². The van der Waals surface area contributed by atoms with E-state index in [2.05, 4.69) is 16.0 Å². The smallest absolute Gasteiger partial charge is 0.145 e. The molecule has 2 heterocycles. The van der Waals surface area contributed by atoms with Crippen LogP contribution in [0.5, 0.6) is 0 Å². The van der Waals surface area contributed by atoms with Crippen molar-refractivity contribution >= 4 is 11.0 Å². The number of nitriles is 1. The SMILES string of the molecule is Cc1nc(C(C)C)nc2c1c(C#N)cn2CCO. The molecule has 2 rings (SSSR count). The Morgan fingerprint density at radius 1 is 1.44 bits per heavy atom. The Morgan fingerprint density at radius 3 is 2.72 bits per heavy atom. The molecule has 0 radical (unpaired) electrons. The van der Waals surface area contributed by atoms with E-state index in [0.29, 0.717) is 12.1 Å². The summed E-state index contributed by atoms with van der Waals surface area (Å²) in [6.45, 7) is 6.41. The molecule has 5 nitrogen and oxygen atoms in total. The van der Waals surface area contributed by atoms with Gasteiger partial charge >= 0.3 is 0 Å². The Labute approximate surface area is 106 Å². The first kappa shape index (κ1) is 12.5. The molecular weight excluding hydrogens is 228 g/mol. The van der Waals surface area contributed by atoms with Gasteiger partial charge in [-0.25, -0.2) is 9.97 Å². The molecule has 0 bridgehead atoms. The topological polar surface area (TPSA) is 74.7 Å². The average Bonchev–Trinajstić information content (AvgIpc) is 2.68. The number of aromatic nitrogens is 3. The van der Waals surface area contributed by atoms with E-state index in [1.807, 2.05) is 25.3 Å². The van der Waals surface area contributed by atoms with Crippen molar-refractivity contribution in [3.8, 4) is 6.07 Å². The molecule has 0 aliphatic rings. The fourth-order valence-corrected chi connectivity index (χ4v) is 2.00. The monoisotopic (exact) mass is 244 g/mol. The van der Waals surface area contributed by atoms with Crippen molar-refractivity contribution in [2.24, 2.45) is 0 Å². The molecule has 2 aromatic heterocycles. The standard InChI is InChI=1S/C13H16N4O/c1-8(2)12-15-9(3)11-10(6-14)7-17(4-5-18)13(11)16-12/h7-8,18H,4-5H2,1-3H3. The van der Waals surface area contributed by atoms with Gasteiger partial charge in [0.15, 0.2) is 0 Å². The number of hydrogen-bond acceptors (Lipinski definition) is 4. The number of aryl methyl sites for hydroxylation is 1. The van der Waals surface area contributed by atoms with E-state index in [0.717, 1.165) is 22.6 Å². The van der Waals surface area contributed by atoms with Gasteiger partial charge in [0, 0.05) is 18.7 Å². The first-order valence-corrected chi connectivity index (χ1v) is 5.96. The van der Waals surface area contributed by atoms with Gasteiger partial charge in [-0.05, 0) is 6.92 Å². The molecule has 0 fully saturated rings. The van der Waals surface area contributed by atoms with Crippen molar-refractivity contribution in [3.63, 3.8) is 0 Å². The fraction of sp³-hybridized carbons (Fsp3) is 0.462. The van der Waals surface area contributed by atoms with E-state index in [9.17, 15) is 0 Å². The lowest BCUT2D eigenvalue weighted by molar-refractivity contribution is 0.278. The summed E-state index contributed by atoms with van der Waals surface area (Å²) < 4.78 is 1.81. The minimum atomic E-state index is 0.0225. The molecule has 0 unspecified atom stereocenters. The summed E-state index contributed by atoms with van der Waals surface area (Å²) in [5, 5.41) is 19.0. The van der Waals surface area contributed by atoms with Crippen molar-refractivity contribution in [1.82, 2.24) is 14.5 Å². The predicted molar refractivity (Wildman–Crippen MR) is 68.2 cm³/mol. The Hall–Kier alpha value is -1.93. The van der Waals surface area contributed by atoms with E-state index in [1.54, 1.807) is 6.20 Å². The Bertz CT molecular complexity index is 622. The van der Waals surface area contributed by atoms with Crippen LogP contribution in [-0.4, -0.2) is 26.2 Å². The normalized spacial score (nSPS) is 11.1. The lowest BCUT2D eigenvalue weighted by atomic mass is 10.1. The van der Waals surface area contributed by atoms with Crippen LogP contribution >= 0.6 is 0 Å². The van der Waals surface area contributed by atoms with Gasteiger partial charge in [0.2, 0.25) is 0 Å². The highest BCUT2D eigenvalue weighted by Crippen LogP contribution is 2.23. The van der Waals surface area contributed by atoms with E-state index in [4.69, 9.17) is 10.4 Å². The van der Waals surface area contributed by atoms with Crippen LogP contribution in [0.4, 0.5) is 0 Å². The van der Waals surface area contributed by atoms with Gasteiger partial charge in [-0.3, -0.25) is 0 Å². The summed E-state index contributed by atoms with van der Waals surface area (Å²) in [7, 11) is 0. The van der Waals surface area contributed by atoms with Gasteiger partial charge in [0.25, 0.3) is 0 Å². The minimum absolute atomic E-state index is 0.0225. The highest BCUT2D eigenvalue weighted by Gasteiger charge is 2.15. The number of fused-ring (bicyclic) bond motifs is 1. The predicted octanol–water partition coefficient (Wildman–Crippen LogP) is 1.73. The maximum absolute atomic E-state index is 9.14. The van der Waals surface area contributed by atoms with Crippen LogP contribution < -0.4 is 0 Å². The second kappa shape index (κ2) is 4.75. The maximum atomic E-state index is 9.14. The lowest BCUT2D eigenvalue weighted by Crippen LogP contribution is -2.05. The molecule has 94 valence electrons. The summed E-state index contributed by atoms with van der Waals surface area (Å²) in [5.74, 6) is 0.998. The molecule has 0 saturated carbocycles. The molecule has 18 heavy (non-hydrogen) atoms. The van der Waals surface area contributed by atoms with Gasteiger partial charge < -0.3 is 9.67 Å². The van der Waals surface area contributed by atoms with Crippen molar-refractivity contribution < 1.29 is 5.11 Å². The fourth-order valence-electron chi connectivity index (χ4n) is 2.00. The highest BCUT2D eigenvalue weighted by molar-refractivity contribution is 5.85. The number of rotatable bonds is 3. The van der Waals surface area contributed by atoms with Crippen molar-refractivity contribution in [1.29, 1.82) is 5.26 Å². The Morgan fingerprint density at radius 2 is 2.17 bits per heavy atom. The number of nitrogens with zero attached hydrogens (tertiary/aromatic N) is 4. The number of aliphatic hydroxyl groups excluding tert-OH is 1. The lowest BCUT2D eigenvalue weighted by Gasteiger charge is -2.07. The van der Waals surface area contributed by atoms with Crippen LogP contribution in [-0.2, 0) is 6.54 Å². The van der Waals surface area contributed by atoms with E-state index in [-0.39, 0.29) is 12.5 Å². The molecule has 0 spiro atoms. The summed E-state index contributed by atoms with van der Waals surface area (Å²) in [6, 6.07) is 2.16. The second-order valence-corrected chi connectivity index (χ2v) is 4.59. The van der Waals surface area contributed by atoms with Crippen LogP contribution in [0.3, 0.4) is 0 Å². The van der Waals surface area contributed by atoms with Crippen molar-refractivity contribution in [2.75, 3.05) is 6.61 Å². The van der Waals surface area contributed by atoms with Crippen LogP contribution in [0.25, 0.3) is 11.0 Å². The zero-order chi connectivity index (χ0) is 13.3. The van der Waals surface area contributed by atoms with E-state index >= 15 is 0 Å². The van der Waals surface area contributed by atoms with E-state index in [1.165, 1.54) is 0 Å². The van der Waals surface area contributed by atoms with Gasteiger partial charge in [0.1, 0.15) is 17.5 Å². The quantitative estimate of drug-likeness (QED) is 0.892. The summed E-state index contributed by atoms with van der Waals surface area (Å²) in [5.41, 5.74) is 2.11. The molecule has 0 aliphatic carbocycles. The van der Waals surface area contributed by atoms with Gasteiger partial charge in [0.05, 0.1) is 23.3 Å². The zero-order valence-corrected chi connectivity index (χ0v) is 10.8. The summed E-state index contributed by atoms with van der Waals surface area (Å²) in [4.78, 5) is 8.96. The minimum Gasteiger partial charge on any atom is -0.395 e. The van der Waals surface area contributed by atoms with Crippen molar-refractivity contribution in [3.05, 3.63) is 23.3 Å². The third-order valence-corrected chi connectivity index (χ3v) is 2.89. The molecule has 1 N–H and O–H groups in total. The number of aliphatic hydroxyl groups is 1. The average molecular weight is 244 g/mol. The van der Waals surface area contributed by atoms with Gasteiger partial charge in [-0.1, -0.05) is 13.8 Å². The molecular formula is C13H16N4O. The van der Waals surface area contributed by atoms with Gasteiger partial charge in [-0.15, -0.1) is 0 Å². The molecule has 0 aromatic carbocycles. The molecule has 0 aliphatic heterocycles. The molecule has 0 atom stereocenters. The third kappa shape index (κ3) is 1.95. The first-order valence-electron chi connectivity index (χ1n) is 5.96. The highest BCUT2D eigenvalue weighted by atomic mass is 16.3. The van der Waals surface area contributed by atoms with Crippen LogP contribution in [0.15, 0.2) is 6.20 Å². The Balaban J connectivity index is 2.76. The summed E-state index contributed by atoms with van der Waals surface area (Å²) >= 11 is 0. The van der Waals surface area contributed by atoms with Crippen LogP contribution in [0.2, 0.25) is 0 Å². The maximum Gasteiger partial charge on any atom is 0.145 e. The molecule has 0 amide bonds. The first-order chi connectivity index (χ1) is 8.58. The van der Waals surface area contributed by atoms with Crippen LogP contribution in [0, 0.1) is 18.3 Å². The Kier molecular flexibility index (Phi) is 3.30. The zero-order valence-electron chi connectivity index (χ0n) is 10.8. The summed E-state index contributed by atoms with van der Waals surface area (Å²) in [6.07, 6.45) is 1.73. The third-order valence-electron chi connectivity index (χ3n) is 2.89. The molecule has 5 heteroatoms. The van der Waals surface area contributed by atoms with Crippen LogP contribution in [0.1, 0.15) is 36.8 Å².